The molecule has 9 heteroatoms. The van der Waals surface area contributed by atoms with Crippen LogP contribution in [0.4, 0.5) is 4.79 Å². The highest BCUT2D eigenvalue weighted by Gasteiger charge is 2.37. The first kappa shape index (κ1) is 17.7. The molecule has 1 aliphatic heterocycles. The fourth-order valence-corrected chi connectivity index (χ4v) is 4.13. The van der Waals surface area contributed by atoms with Gasteiger partial charge in [0.05, 0.1) is 11.0 Å². The second-order valence-electron chi connectivity index (χ2n) is 5.97. The number of imide groups is 1. The molecule has 0 saturated carbocycles. The Morgan fingerprint density at radius 1 is 1.26 bits per heavy atom. The molecule has 0 atom stereocenters. The second-order valence-corrected chi connectivity index (χ2v) is 7.96. The average molecular weight is 401 g/mol. The molecule has 2 aromatic heterocycles. The van der Waals surface area contributed by atoms with E-state index < -0.39 is 0 Å². The van der Waals surface area contributed by atoms with Gasteiger partial charge in [-0.05, 0) is 55.6 Å². The summed E-state index contributed by atoms with van der Waals surface area (Å²) in [5, 5.41) is 0.994. The zero-order chi connectivity index (χ0) is 19.0. The van der Waals surface area contributed by atoms with E-state index >= 15 is 0 Å². The minimum absolute atomic E-state index is 0.196. The van der Waals surface area contributed by atoms with E-state index in [1.165, 1.54) is 22.9 Å². The summed E-state index contributed by atoms with van der Waals surface area (Å²) >= 11 is 2.18. The Kier molecular flexibility index (Phi) is 4.71. The number of nitrogens with zero attached hydrogens (tertiary/aromatic N) is 2. The van der Waals surface area contributed by atoms with Gasteiger partial charge in [0.2, 0.25) is 0 Å². The second kappa shape index (κ2) is 7.16. The van der Waals surface area contributed by atoms with Crippen LogP contribution < -0.4 is 4.74 Å². The highest BCUT2D eigenvalue weighted by atomic mass is 32.2. The van der Waals surface area contributed by atoms with Gasteiger partial charge in [-0.2, -0.15) is 0 Å². The van der Waals surface area contributed by atoms with E-state index in [2.05, 4.69) is 9.97 Å². The number of fused-ring (bicyclic) bond motifs is 1. The number of ether oxygens (including phenoxy) is 1. The predicted molar refractivity (Wildman–Crippen MR) is 103 cm³/mol. The fourth-order valence-electron chi connectivity index (χ4n) is 2.51. The Bertz CT molecular complexity index is 1020. The van der Waals surface area contributed by atoms with Crippen LogP contribution in [0.1, 0.15) is 13.8 Å². The molecule has 0 aliphatic carbocycles. The van der Waals surface area contributed by atoms with Crippen molar-refractivity contribution in [3.63, 3.8) is 0 Å². The van der Waals surface area contributed by atoms with Gasteiger partial charge in [0.25, 0.3) is 17.1 Å². The number of thioether (sulfide) groups is 1. The molecule has 3 heterocycles. The number of amides is 2. The van der Waals surface area contributed by atoms with Crippen molar-refractivity contribution in [3.05, 3.63) is 47.6 Å². The number of rotatable bonds is 5. The predicted octanol–water partition coefficient (Wildman–Crippen LogP) is 4.63. The molecule has 1 fully saturated rings. The summed E-state index contributed by atoms with van der Waals surface area (Å²) in [6, 6.07) is 10.9. The number of nitrogens with one attached hydrogen (secondary N) is 1. The van der Waals surface area contributed by atoms with Gasteiger partial charge in [-0.25, -0.2) is 4.98 Å². The van der Waals surface area contributed by atoms with Gasteiger partial charge in [-0.15, -0.1) is 0 Å². The lowest BCUT2D eigenvalue weighted by Gasteiger charge is -2.15. The summed E-state index contributed by atoms with van der Waals surface area (Å²) in [6.07, 6.45) is 1.25. The number of H-pyrrole nitrogens is 1. The van der Waals surface area contributed by atoms with Crippen LogP contribution in [0.5, 0.6) is 5.95 Å². The Labute approximate surface area is 163 Å². The number of carbonyl (C=O) groups excluding carboxylic acids is 2. The van der Waals surface area contributed by atoms with E-state index in [9.17, 15) is 9.59 Å². The monoisotopic (exact) mass is 401 g/mol. The van der Waals surface area contributed by atoms with Gasteiger partial charge in [0, 0.05) is 12.1 Å². The Morgan fingerprint density at radius 2 is 2.07 bits per heavy atom. The molecular formula is C18H15N3O4S2. The van der Waals surface area contributed by atoms with Crippen molar-refractivity contribution in [1.29, 1.82) is 0 Å². The van der Waals surface area contributed by atoms with Crippen molar-refractivity contribution in [2.45, 2.75) is 30.1 Å². The number of hydrogen-bond donors (Lipinski definition) is 1. The maximum Gasteiger partial charge on any atom is 0.293 e. The van der Waals surface area contributed by atoms with Crippen molar-refractivity contribution < 1.29 is 18.7 Å². The first-order valence-electron chi connectivity index (χ1n) is 8.16. The molecule has 0 unspecified atom stereocenters. The van der Waals surface area contributed by atoms with Gasteiger partial charge >= 0.3 is 0 Å². The number of para-hydroxylation sites is 2. The first-order valence-corrected chi connectivity index (χ1v) is 9.79. The number of furan rings is 1. The normalized spacial score (nSPS) is 16.3. The maximum absolute atomic E-state index is 12.2. The highest BCUT2D eigenvalue weighted by molar-refractivity contribution is 8.18. The lowest BCUT2D eigenvalue weighted by molar-refractivity contribution is -0.124. The van der Waals surface area contributed by atoms with E-state index in [-0.39, 0.29) is 28.0 Å². The summed E-state index contributed by atoms with van der Waals surface area (Å²) in [5.74, 6) is -0.131. The van der Waals surface area contributed by atoms with Crippen LogP contribution in [0, 0.1) is 0 Å². The van der Waals surface area contributed by atoms with Crippen molar-refractivity contribution in [2.75, 3.05) is 0 Å². The minimum Gasteiger partial charge on any atom is -0.433 e. The maximum atomic E-state index is 12.2. The number of aromatic amines is 1. The summed E-state index contributed by atoms with van der Waals surface area (Å²) in [4.78, 5) is 33.2. The first-order chi connectivity index (χ1) is 13.0. The largest absolute Gasteiger partial charge is 0.433 e. The molecule has 0 spiro atoms. The molecule has 7 nitrogen and oxygen atoms in total. The zero-order valence-electron chi connectivity index (χ0n) is 14.5. The third-order valence-electron chi connectivity index (χ3n) is 3.74. The molecule has 27 heavy (non-hydrogen) atoms. The van der Waals surface area contributed by atoms with Crippen LogP contribution >= 0.6 is 23.5 Å². The molecule has 0 radical (unpaired) electrons. The smallest absolute Gasteiger partial charge is 0.293 e. The minimum atomic E-state index is -0.358. The molecule has 1 aliphatic rings. The zero-order valence-corrected chi connectivity index (χ0v) is 16.1. The van der Waals surface area contributed by atoms with Crippen molar-refractivity contribution in [1.82, 2.24) is 14.9 Å². The van der Waals surface area contributed by atoms with Crippen LogP contribution in [0.3, 0.4) is 0 Å². The standard InChI is InChI=1S/C18H15N3O4S2/c1-10(2)21-16(22)13(26-18(21)23)9-24-14-7-8-15(25-14)27-17-19-11-5-3-4-6-12(11)20-17/h3-10H,1-2H3,(H,19,20)/b13-9+. The van der Waals surface area contributed by atoms with Crippen LogP contribution in [0.15, 0.2) is 62.2 Å². The quantitative estimate of drug-likeness (QED) is 0.492. The van der Waals surface area contributed by atoms with Crippen LogP contribution in [-0.4, -0.2) is 32.1 Å². The highest BCUT2D eigenvalue weighted by Crippen LogP contribution is 2.34. The van der Waals surface area contributed by atoms with Crippen LogP contribution in [0.2, 0.25) is 0 Å². The third kappa shape index (κ3) is 3.60. The SMILES string of the molecule is CC(C)N1C(=O)S/C(=C/Oc2ccc(Sc3nc4ccccc4[nH]3)o2)C1=O. The van der Waals surface area contributed by atoms with E-state index in [0.29, 0.717) is 10.2 Å². The number of carbonyl (C=O) groups is 2. The molecule has 3 aromatic rings. The Balaban J connectivity index is 1.44. The average Bonchev–Trinajstić information content (AvgIpc) is 3.30. The summed E-state index contributed by atoms with van der Waals surface area (Å²) in [6.45, 7) is 3.57. The lowest BCUT2D eigenvalue weighted by atomic mass is 10.3. The summed E-state index contributed by atoms with van der Waals surface area (Å²) in [5.41, 5.74) is 1.83. The molecular weight excluding hydrogens is 386 g/mol. The van der Waals surface area contributed by atoms with Crippen LogP contribution in [0.25, 0.3) is 11.0 Å². The van der Waals surface area contributed by atoms with Crippen molar-refractivity contribution >= 4 is 45.7 Å². The van der Waals surface area contributed by atoms with Gasteiger partial charge in [-0.1, -0.05) is 12.1 Å². The van der Waals surface area contributed by atoms with Gasteiger partial charge in [0.15, 0.2) is 10.2 Å². The number of benzene rings is 1. The van der Waals surface area contributed by atoms with Crippen molar-refractivity contribution in [3.8, 4) is 5.95 Å². The molecule has 0 bridgehead atoms. The van der Waals surface area contributed by atoms with E-state index in [1.54, 1.807) is 26.0 Å². The summed E-state index contributed by atoms with van der Waals surface area (Å²) < 4.78 is 11.0. The topological polar surface area (TPSA) is 88.4 Å². The molecule has 1 N–H and O–H groups in total. The Morgan fingerprint density at radius 3 is 2.81 bits per heavy atom. The number of hydrogen-bond acceptors (Lipinski definition) is 7. The molecule has 4 rings (SSSR count). The van der Waals surface area contributed by atoms with E-state index in [0.717, 1.165) is 22.8 Å². The van der Waals surface area contributed by atoms with Gasteiger partial charge in [0.1, 0.15) is 11.2 Å². The fraction of sp³-hybridized carbons (Fsp3) is 0.167. The summed E-state index contributed by atoms with van der Waals surface area (Å²) in [7, 11) is 0. The van der Waals surface area contributed by atoms with Gasteiger partial charge in [-0.3, -0.25) is 14.5 Å². The van der Waals surface area contributed by atoms with Crippen LogP contribution in [-0.2, 0) is 4.79 Å². The molecule has 1 aromatic carbocycles. The van der Waals surface area contributed by atoms with Crippen molar-refractivity contribution in [2.24, 2.45) is 0 Å². The molecule has 2 amide bonds. The number of imidazole rings is 1. The lowest BCUT2D eigenvalue weighted by Crippen LogP contribution is -2.34. The molecule has 1 saturated heterocycles. The Hall–Kier alpha value is -2.65. The number of aromatic nitrogens is 2. The molecule has 138 valence electrons. The third-order valence-corrected chi connectivity index (χ3v) is 5.41. The van der Waals surface area contributed by atoms with E-state index in [1.807, 2.05) is 24.3 Å². The van der Waals surface area contributed by atoms with E-state index in [4.69, 9.17) is 9.15 Å². The van der Waals surface area contributed by atoms with Gasteiger partial charge < -0.3 is 14.1 Å².